The fourth-order valence-corrected chi connectivity index (χ4v) is 2.80. The molecule has 10 heteroatoms. The Morgan fingerprint density at radius 1 is 0.636 bits per heavy atom. The van der Waals surface area contributed by atoms with Gasteiger partial charge in [-0.1, -0.05) is 24.3 Å². The van der Waals surface area contributed by atoms with Crippen molar-refractivity contribution >= 4 is 31.8 Å². The molecule has 6 nitrogen and oxygen atoms in total. The van der Waals surface area contributed by atoms with Crippen LogP contribution in [0.2, 0.25) is 0 Å². The molecular formula is C12H8F2N2O4S2. The van der Waals surface area contributed by atoms with Crippen LogP contribution in [0.25, 0.3) is 0 Å². The molecule has 0 aliphatic carbocycles. The van der Waals surface area contributed by atoms with Gasteiger partial charge in [0.2, 0.25) is 0 Å². The lowest BCUT2D eigenvalue weighted by Crippen LogP contribution is -1.92. The van der Waals surface area contributed by atoms with Gasteiger partial charge in [0.25, 0.3) is 0 Å². The molecule has 0 radical (unpaired) electrons. The van der Waals surface area contributed by atoms with Gasteiger partial charge < -0.3 is 0 Å². The molecule has 0 bridgehead atoms. The Morgan fingerprint density at radius 3 is 1.27 bits per heavy atom. The zero-order valence-corrected chi connectivity index (χ0v) is 12.4. The van der Waals surface area contributed by atoms with Crippen molar-refractivity contribution in [3.63, 3.8) is 0 Å². The van der Waals surface area contributed by atoms with Crippen molar-refractivity contribution in [2.24, 2.45) is 10.2 Å². The molecule has 0 spiro atoms. The van der Waals surface area contributed by atoms with Gasteiger partial charge in [-0.05, 0) is 24.3 Å². The summed E-state index contributed by atoms with van der Waals surface area (Å²) in [6.45, 7) is 0. The average Bonchev–Trinajstić information content (AvgIpc) is 2.44. The van der Waals surface area contributed by atoms with E-state index in [-0.39, 0.29) is 11.4 Å². The van der Waals surface area contributed by atoms with Crippen LogP contribution in [-0.4, -0.2) is 16.8 Å². The SMILES string of the molecule is O=S(=O)(F)c1ccccc1N=Nc1ccccc1S(=O)(=O)F. The van der Waals surface area contributed by atoms with Crippen molar-refractivity contribution in [2.45, 2.75) is 9.79 Å². The lowest BCUT2D eigenvalue weighted by atomic mass is 10.3. The van der Waals surface area contributed by atoms with Crippen molar-refractivity contribution in [1.82, 2.24) is 0 Å². The van der Waals surface area contributed by atoms with Crippen molar-refractivity contribution in [3.05, 3.63) is 48.5 Å². The van der Waals surface area contributed by atoms with Crippen LogP contribution in [-0.2, 0) is 20.4 Å². The number of nitrogens with zero attached hydrogens (tertiary/aromatic N) is 2. The molecule has 0 saturated heterocycles. The van der Waals surface area contributed by atoms with Crippen LogP contribution < -0.4 is 0 Å². The van der Waals surface area contributed by atoms with Gasteiger partial charge in [0.1, 0.15) is 21.2 Å². The van der Waals surface area contributed by atoms with Gasteiger partial charge in [-0.25, -0.2) is 0 Å². The van der Waals surface area contributed by atoms with E-state index in [1.807, 2.05) is 0 Å². The van der Waals surface area contributed by atoms with E-state index in [1.165, 1.54) is 36.4 Å². The number of hydrogen-bond donors (Lipinski definition) is 0. The second-order valence-corrected chi connectivity index (χ2v) is 6.64. The molecule has 0 unspecified atom stereocenters. The molecule has 2 aromatic rings. The Balaban J connectivity index is 2.53. The quantitative estimate of drug-likeness (QED) is 0.626. The van der Waals surface area contributed by atoms with Gasteiger partial charge in [0, 0.05) is 0 Å². The minimum absolute atomic E-state index is 0.337. The van der Waals surface area contributed by atoms with Crippen molar-refractivity contribution in [3.8, 4) is 0 Å². The van der Waals surface area contributed by atoms with Gasteiger partial charge in [0.15, 0.2) is 0 Å². The molecule has 0 atom stereocenters. The van der Waals surface area contributed by atoms with E-state index >= 15 is 0 Å². The van der Waals surface area contributed by atoms with E-state index in [9.17, 15) is 24.6 Å². The van der Waals surface area contributed by atoms with E-state index in [0.29, 0.717) is 0 Å². The molecule has 0 aliphatic heterocycles. The highest BCUT2D eigenvalue weighted by atomic mass is 32.3. The summed E-state index contributed by atoms with van der Waals surface area (Å²) in [4.78, 5) is -1.45. The van der Waals surface area contributed by atoms with Gasteiger partial charge in [-0.15, -0.1) is 18.0 Å². The largest absolute Gasteiger partial charge is 0.334 e. The van der Waals surface area contributed by atoms with Crippen LogP contribution in [0.4, 0.5) is 19.1 Å². The van der Waals surface area contributed by atoms with E-state index in [1.54, 1.807) is 0 Å². The summed E-state index contributed by atoms with van der Waals surface area (Å²) in [7, 11) is -10.0. The summed E-state index contributed by atoms with van der Waals surface area (Å²) >= 11 is 0. The Morgan fingerprint density at radius 2 is 0.955 bits per heavy atom. The number of rotatable bonds is 4. The Bertz CT molecular complexity index is 864. The lowest BCUT2D eigenvalue weighted by Gasteiger charge is -2.01. The van der Waals surface area contributed by atoms with Crippen molar-refractivity contribution in [1.29, 1.82) is 0 Å². The molecule has 0 heterocycles. The topological polar surface area (TPSA) is 93.0 Å². The van der Waals surface area contributed by atoms with Gasteiger partial charge in [-0.2, -0.15) is 16.8 Å². The maximum Gasteiger partial charge on any atom is 0.334 e. The maximum atomic E-state index is 13.1. The minimum atomic E-state index is -5.02. The normalized spacial score (nSPS) is 12.6. The van der Waals surface area contributed by atoms with E-state index in [4.69, 9.17) is 0 Å². The van der Waals surface area contributed by atoms with Crippen LogP contribution >= 0.6 is 0 Å². The molecule has 0 amide bonds. The number of azo groups is 1. The van der Waals surface area contributed by atoms with E-state index in [2.05, 4.69) is 10.2 Å². The Kier molecular flexibility index (Phi) is 4.33. The van der Waals surface area contributed by atoms with Crippen LogP contribution in [0.3, 0.4) is 0 Å². The molecule has 2 aromatic carbocycles. The van der Waals surface area contributed by atoms with Crippen LogP contribution in [0.15, 0.2) is 68.6 Å². The van der Waals surface area contributed by atoms with Crippen molar-refractivity contribution < 1.29 is 24.6 Å². The highest BCUT2D eigenvalue weighted by Crippen LogP contribution is 2.30. The van der Waals surface area contributed by atoms with Gasteiger partial charge in [-0.3, -0.25) is 0 Å². The summed E-state index contributed by atoms with van der Waals surface area (Å²) in [6.07, 6.45) is 0. The Hall–Kier alpha value is -2.20. The zero-order chi connectivity index (χ0) is 16.4. The summed E-state index contributed by atoms with van der Waals surface area (Å²) in [5.74, 6) is 0. The molecule has 0 fully saturated rings. The molecule has 0 aliphatic rings. The molecule has 2 rings (SSSR count). The number of halogens is 2. The highest BCUT2D eigenvalue weighted by Gasteiger charge is 2.18. The number of hydrogen-bond acceptors (Lipinski definition) is 6. The average molecular weight is 346 g/mol. The third kappa shape index (κ3) is 3.71. The lowest BCUT2D eigenvalue weighted by molar-refractivity contribution is 0.549. The summed E-state index contributed by atoms with van der Waals surface area (Å²) in [6, 6.07) is 9.63. The summed E-state index contributed by atoms with van der Waals surface area (Å²) < 4.78 is 70.0. The minimum Gasteiger partial charge on any atom is -0.189 e. The highest BCUT2D eigenvalue weighted by molar-refractivity contribution is 7.86. The monoisotopic (exact) mass is 346 g/mol. The summed E-state index contributed by atoms with van der Waals surface area (Å²) in [5.41, 5.74) is -0.674. The van der Waals surface area contributed by atoms with E-state index < -0.39 is 30.2 Å². The first-order valence-electron chi connectivity index (χ1n) is 5.69. The maximum absolute atomic E-state index is 13.1. The predicted molar refractivity (Wildman–Crippen MR) is 73.6 cm³/mol. The summed E-state index contributed by atoms with van der Waals surface area (Å²) in [5, 5.41) is 6.98. The smallest absolute Gasteiger partial charge is 0.189 e. The van der Waals surface area contributed by atoms with Crippen LogP contribution in [0.1, 0.15) is 0 Å². The fourth-order valence-electron chi connectivity index (χ4n) is 1.60. The third-order valence-electron chi connectivity index (χ3n) is 2.52. The zero-order valence-electron chi connectivity index (χ0n) is 10.7. The van der Waals surface area contributed by atoms with Crippen LogP contribution in [0, 0.1) is 0 Å². The van der Waals surface area contributed by atoms with Crippen LogP contribution in [0.5, 0.6) is 0 Å². The molecule has 0 saturated carbocycles. The van der Waals surface area contributed by atoms with Crippen molar-refractivity contribution in [2.75, 3.05) is 0 Å². The standard InChI is InChI=1S/C12H8F2N2O4S2/c13-21(17,18)11-7-3-1-5-9(11)15-16-10-6-2-4-8-12(10)22(14,19)20/h1-8H. The fraction of sp³-hybridized carbons (Fsp3) is 0. The molecule has 0 N–H and O–H groups in total. The molecule has 22 heavy (non-hydrogen) atoms. The van der Waals surface area contributed by atoms with E-state index in [0.717, 1.165) is 12.1 Å². The third-order valence-corrected chi connectivity index (χ3v) is 4.26. The first-order valence-corrected chi connectivity index (χ1v) is 8.45. The molecule has 0 aromatic heterocycles. The Labute approximate surface area is 125 Å². The predicted octanol–water partition coefficient (Wildman–Crippen LogP) is 3.42. The first kappa shape index (κ1) is 16.2. The second-order valence-electron chi connectivity index (χ2n) is 4.01. The van der Waals surface area contributed by atoms with Gasteiger partial charge in [0.05, 0.1) is 0 Å². The first-order chi connectivity index (χ1) is 10.2. The molecule has 116 valence electrons. The number of benzene rings is 2. The molecular weight excluding hydrogens is 338 g/mol. The second kappa shape index (κ2) is 5.89. The van der Waals surface area contributed by atoms with Gasteiger partial charge >= 0.3 is 20.4 Å².